The molecule has 25 heavy (non-hydrogen) atoms. The molecule has 6 heteroatoms. The van der Waals surface area contributed by atoms with Crippen LogP contribution in [0.1, 0.15) is 54.6 Å². The van der Waals surface area contributed by atoms with Gasteiger partial charge >= 0.3 is 0 Å². The van der Waals surface area contributed by atoms with Gasteiger partial charge in [-0.05, 0) is 49.2 Å². The van der Waals surface area contributed by atoms with Crippen molar-refractivity contribution in [2.45, 2.75) is 44.6 Å². The standard InChI is InChI=1S/C19H21N5O/c20-13-14-7-9-16(10-8-14)21-18-12-11-17(23-24-18)19(25)22-15-5-3-1-2-4-6-15/h7-12,15H,1-6H2,(H,21,24)(H,22,25). The van der Waals surface area contributed by atoms with E-state index in [0.29, 0.717) is 17.1 Å². The average molecular weight is 335 g/mol. The van der Waals surface area contributed by atoms with Crippen LogP contribution in [0.25, 0.3) is 0 Å². The van der Waals surface area contributed by atoms with Gasteiger partial charge in [-0.25, -0.2) is 0 Å². The lowest BCUT2D eigenvalue weighted by molar-refractivity contribution is 0.0927. The molecule has 1 fully saturated rings. The Morgan fingerprint density at radius 3 is 2.32 bits per heavy atom. The van der Waals surface area contributed by atoms with Gasteiger partial charge in [-0.2, -0.15) is 5.26 Å². The molecule has 3 rings (SSSR count). The number of nitrogens with zero attached hydrogens (tertiary/aromatic N) is 3. The van der Waals surface area contributed by atoms with Crippen molar-refractivity contribution in [1.29, 1.82) is 5.26 Å². The number of hydrogen-bond acceptors (Lipinski definition) is 5. The van der Waals surface area contributed by atoms with Gasteiger partial charge in [0, 0.05) is 11.7 Å². The molecule has 1 heterocycles. The Kier molecular flexibility index (Phi) is 5.57. The summed E-state index contributed by atoms with van der Waals surface area (Å²) >= 11 is 0. The van der Waals surface area contributed by atoms with Gasteiger partial charge in [-0.1, -0.05) is 25.7 Å². The van der Waals surface area contributed by atoms with Gasteiger partial charge in [0.15, 0.2) is 11.5 Å². The van der Waals surface area contributed by atoms with Crippen molar-refractivity contribution >= 4 is 17.4 Å². The molecule has 0 bridgehead atoms. The van der Waals surface area contributed by atoms with E-state index in [9.17, 15) is 4.79 Å². The highest BCUT2D eigenvalue weighted by Gasteiger charge is 2.16. The van der Waals surface area contributed by atoms with E-state index >= 15 is 0 Å². The first-order valence-corrected chi connectivity index (χ1v) is 8.66. The van der Waals surface area contributed by atoms with Gasteiger partial charge in [-0.15, -0.1) is 10.2 Å². The molecule has 128 valence electrons. The molecular weight excluding hydrogens is 314 g/mol. The van der Waals surface area contributed by atoms with Crippen molar-refractivity contribution in [2.24, 2.45) is 0 Å². The Hall–Kier alpha value is -2.94. The van der Waals surface area contributed by atoms with Gasteiger partial charge in [-0.3, -0.25) is 4.79 Å². The lowest BCUT2D eigenvalue weighted by Crippen LogP contribution is -2.35. The van der Waals surface area contributed by atoms with Crippen LogP contribution in [0.2, 0.25) is 0 Å². The predicted octanol–water partition coefficient (Wildman–Crippen LogP) is 3.54. The summed E-state index contributed by atoms with van der Waals surface area (Å²) < 4.78 is 0. The molecule has 0 radical (unpaired) electrons. The number of carbonyl (C=O) groups is 1. The zero-order chi connectivity index (χ0) is 17.5. The van der Waals surface area contributed by atoms with E-state index in [2.05, 4.69) is 26.9 Å². The third kappa shape index (κ3) is 4.77. The smallest absolute Gasteiger partial charge is 0.272 e. The van der Waals surface area contributed by atoms with Crippen LogP contribution in [0, 0.1) is 11.3 Å². The zero-order valence-corrected chi connectivity index (χ0v) is 14.0. The maximum absolute atomic E-state index is 12.3. The minimum absolute atomic E-state index is 0.163. The number of rotatable bonds is 4. The fourth-order valence-corrected chi connectivity index (χ4v) is 2.98. The van der Waals surface area contributed by atoms with Crippen LogP contribution in [-0.4, -0.2) is 22.1 Å². The van der Waals surface area contributed by atoms with Crippen LogP contribution < -0.4 is 10.6 Å². The first kappa shape index (κ1) is 16.9. The molecule has 2 N–H and O–H groups in total. The molecule has 1 amide bonds. The number of nitrogens with one attached hydrogen (secondary N) is 2. The number of benzene rings is 1. The van der Waals surface area contributed by atoms with E-state index in [1.54, 1.807) is 36.4 Å². The summed E-state index contributed by atoms with van der Waals surface area (Å²) in [4.78, 5) is 12.3. The fraction of sp³-hybridized carbons (Fsp3) is 0.368. The summed E-state index contributed by atoms with van der Waals surface area (Å²) in [7, 11) is 0. The van der Waals surface area contributed by atoms with Gasteiger partial charge in [0.25, 0.3) is 5.91 Å². The molecule has 6 nitrogen and oxygen atoms in total. The Labute approximate surface area is 147 Å². The molecule has 1 aromatic heterocycles. The van der Waals surface area contributed by atoms with E-state index < -0.39 is 0 Å². The quantitative estimate of drug-likeness (QED) is 0.834. The van der Waals surface area contributed by atoms with Crippen LogP contribution in [0.3, 0.4) is 0 Å². The van der Waals surface area contributed by atoms with Crippen LogP contribution in [0.4, 0.5) is 11.5 Å². The summed E-state index contributed by atoms with van der Waals surface area (Å²) in [5.41, 5.74) is 1.74. The predicted molar refractivity (Wildman–Crippen MR) is 95.4 cm³/mol. The van der Waals surface area contributed by atoms with Crippen LogP contribution in [0.5, 0.6) is 0 Å². The SMILES string of the molecule is N#Cc1ccc(Nc2ccc(C(=O)NC3CCCCCC3)nn2)cc1. The maximum Gasteiger partial charge on any atom is 0.272 e. The molecule has 1 aromatic carbocycles. The Bertz CT molecular complexity index is 741. The normalized spacial score (nSPS) is 15.0. The number of hydrogen-bond donors (Lipinski definition) is 2. The molecule has 0 atom stereocenters. The molecule has 1 aliphatic carbocycles. The lowest BCUT2D eigenvalue weighted by atomic mass is 10.1. The number of carbonyl (C=O) groups excluding carboxylic acids is 1. The Morgan fingerprint density at radius 2 is 1.72 bits per heavy atom. The summed E-state index contributed by atoms with van der Waals surface area (Å²) in [6.07, 6.45) is 6.92. The molecular formula is C19H21N5O. The van der Waals surface area contributed by atoms with Crippen LogP contribution >= 0.6 is 0 Å². The Balaban J connectivity index is 1.59. The van der Waals surface area contributed by atoms with Gasteiger partial charge in [0.2, 0.25) is 0 Å². The summed E-state index contributed by atoms with van der Waals surface area (Å²) in [5.74, 6) is 0.389. The highest BCUT2D eigenvalue weighted by molar-refractivity contribution is 5.92. The van der Waals surface area contributed by atoms with Crippen molar-refractivity contribution < 1.29 is 4.79 Å². The largest absolute Gasteiger partial charge is 0.348 e. The van der Waals surface area contributed by atoms with Crippen molar-refractivity contribution in [3.63, 3.8) is 0 Å². The third-order valence-electron chi connectivity index (χ3n) is 4.37. The minimum atomic E-state index is -0.163. The number of aromatic nitrogens is 2. The summed E-state index contributed by atoms with van der Waals surface area (Å²) in [6.45, 7) is 0. The number of amides is 1. The average Bonchev–Trinajstić information content (AvgIpc) is 2.91. The fourth-order valence-electron chi connectivity index (χ4n) is 2.98. The van der Waals surface area contributed by atoms with Crippen molar-refractivity contribution in [2.75, 3.05) is 5.32 Å². The monoisotopic (exact) mass is 335 g/mol. The van der Waals surface area contributed by atoms with Gasteiger partial charge in [0.1, 0.15) is 0 Å². The van der Waals surface area contributed by atoms with Crippen LogP contribution in [0.15, 0.2) is 36.4 Å². The van der Waals surface area contributed by atoms with Crippen LogP contribution in [-0.2, 0) is 0 Å². The summed E-state index contributed by atoms with van der Waals surface area (Å²) in [6, 6.07) is 12.8. The highest BCUT2D eigenvalue weighted by atomic mass is 16.2. The van der Waals surface area contributed by atoms with E-state index in [4.69, 9.17) is 5.26 Å². The summed E-state index contributed by atoms with van der Waals surface area (Å²) in [5, 5.41) is 23.0. The zero-order valence-electron chi connectivity index (χ0n) is 14.0. The molecule has 1 saturated carbocycles. The molecule has 1 aliphatic rings. The second-order valence-electron chi connectivity index (χ2n) is 6.28. The number of anilines is 2. The molecule has 0 aliphatic heterocycles. The maximum atomic E-state index is 12.3. The van der Waals surface area contributed by atoms with Gasteiger partial charge in [0.05, 0.1) is 11.6 Å². The second kappa shape index (κ2) is 8.25. The minimum Gasteiger partial charge on any atom is -0.348 e. The first-order valence-electron chi connectivity index (χ1n) is 8.66. The molecule has 0 spiro atoms. The lowest BCUT2D eigenvalue weighted by Gasteiger charge is -2.15. The van der Waals surface area contributed by atoms with Crippen molar-refractivity contribution in [3.8, 4) is 6.07 Å². The van der Waals surface area contributed by atoms with E-state index in [0.717, 1.165) is 18.5 Å². The molecule has 0 saturated heterocycles. The second-order valence-corrected chi connectivity index (χ2v) is 6.28. The van der Waals surface area contributed by atoms with E-state index in [-0.39, 0.29) is 11.9 Å². The molecule has 0 unspecified atom stereocenters. The highest BCUT2D eigenvalue weighted by Crippen LogP contribution is 2.18. The molecule has 2 aromatic rings. The van der Waals surface area contributed by atoms with Crippen molar-refractivity contribution in [1.82, 2.24) is 15.5 Å². The Morgan fingerprint density at radius 1 is 1.00 bits per heavy atom. The van der Waals surface area contributed by atoms with Crippen molar-refractivity contribution in [3.05, 3.63) is 47.7 Å². The first-order chi connectivity index (χ1) is 12.2. The number of nitriles is 1. The topological polar surface area (TPSA) is 90.7 Å². The van der Waals surface area contributed by atoms with E-state index in [1.807, 2.05) is 0 Å². The van der Waals surface area contributed by atoms with E-state index in [1.165, 1.54) is 25.7 Å². The third-order valence-corrected chi connectivity index (χ3v) is 4.37. The van der Waals surface area contributed by atoms with Gasteiger partial charge < -0.3 is 10.6 Å².